The van der Waals surface area contributed by atoms with Gasteiger partial charge in [0.2, 0.25) is 0 Å². The van der Waals surface area contributed by atoms with Crippen LogP contribution in [0.5, 0.6) is 0 Å². The van der Waals surface area contributed by atoms with Gasteiger partial charge in [-0.1, -0.05) is 0 Å². The second kappa shape index (κ2) is 8.04. The zero-order valence-electron chi connectivity index (χ0n) is 13.7. The van der Waals surface area contributed by atoms with Crippen molar-refractivity contribution in [1.82, 2.24) is 9.13 Å². The number of hydrogen-bond donors (Lipinski definition) is 1. The van der Waals surface area contributed by atoms with Crippen molar-refractivity contribution in [1.29, 1.82) is 0 Å². The van der Waals surface area contributed by atoms with Crippen LogP contribution in [-0.4, -0.2) is 25.0 Å². The van der Waals surface area contributed by atoms with Crippen molar-refractivity contribution in [3.63, 3.8) is 0 Å². The Hall–Kier alpha value is -1.97. The molecule has 2 aromatic carbocycles. The van der Waals surface area contributed by atoms with E-state index in [9.17, 15) is 0 Å². The van der Waals surface area contributed by atoms with Gasteiger partial charge in [-0.25, -0.2) is 4.57 Å². The molecule has 5 heteroatoms. The van der Waals surface area contributed by atoms with Crippen molar-refractivity contribution in [3.05, 3.63) is 59.9 Å². The molecule has 3 rings (SSSR count). The number of carboxylic acid groups (broad SMARTS) is 1. The Morgan fingerprint density at radius 2 is 1.70 bits per heavy atom. The summed E-state index contributed by atoms with van der Waals surface area (Å²) in [6, 6.07) is 15.7. The largest absolute Gasteiger partial charge is 0.477 e. The first-order chi connectivity index (χ1) is 10.4. The van der Waals surface area contributed by atoms with Crippen LogP contribution in [0.4, 0.5) is 0 Å². The van der Waals surface area contributed by atoms with Gasteiger partial charge in [-0.05, 0) is 26.0 Å². The number of benzene rings is 2. The Labute approximate surface area is 149 Å². The number of aryl methyl sites for hydroxylation is 3. The molecule has 2 N–H and O–H groups in total. The molecule has 0 aliphatic carbocycles. The molecule has 0 aliphatic rings. The van der Waals surface area contributed by atoms with Crippen LogP contribution in [0.25, 0.3) is 16.7 Å². The van der Waals surface area contributed by atoms with E-state index in [-0.39, 0.29) is 20.1 Å². The number of carboxylic acids is 1. The van der Waals surface area contributed by atoms with Gasteiger partial charge in [-0.3, -0.25) is 0 Å². The SMILES string of the molecule is CC(O)=[OH+].Cc1ccc(C)c2c1n(C)[cH+]n2-c1[c-]cccc1.[Ir]. The molecular weight excluding hydrogens is 468 g/mol. The smallest absolute Gasteiger partial charge is 0.339 e. The zero-order valence-corrected chi connectivity index (χ0v) is 16.1. The fraction of sp³-hybridized carbons (Fsp3) is 0.222. The molecule has 1 aromatic heterocycles. The Bertz CT molecular complexity index is 807. The minimum Gasteiger partial charge on any atom is -0.339 e. The first-order valence-corrected chi connectivity index (χ1v) is 7.07. The molecule has 4 nitrogen and oxygen atoms in total. The predicted molar refractivity (Wildman–Crippen MR) is 90.2 cm³/mol. The molecule has 3 aromatic rings. The number of fused-ring (bicyclic) bond motifs is 1. The first-order valence-electron chi connectivity index (χ1n) is 7.07. The maximum absolute atomic E-state index is 7.53. The molecule has 0 atom stereocenters. The third-order valence-corrected chi connectivity index (χ3v) is 3.39. The van der Waals surface area contributed by atoms with E-state index in [4.69, 9.17) is 9.90 Å². The molecule has 1 radical (unpaired) electrons. The van der Waals surface area contributed by atoms with Crippen molar-refractivity contribution in [2.24, 2.45) is 7.05 Å². The summed E-state index contributed by atoms with van der Waals surface area (Å²) in [6.45, 7) is 5.50. The number of nitrogens with zero attached hydrogens (tertiary/aromatic N) is 2. The molecule has 0 aliphatic heterocycles. The molecule has 123 valence electrons. The van der Waals surface area contributed by atoms with E-state index in [0.717, 1.165) is 5.69 Å². The van der Waals surface area contributed by atoms with Gasteiger partial charge in [-0.15, -0.1) is 12.1 Å². The van der Waals surface area contributed by atoms with Crippen LogP contribution >= 0.6 is 0 Å². The van der Waals surface area contributed by atoms with Crippen molar-refractivity contribution < 1.29 is 30.0 Å². The Balaban J connectivity index is 0.000000478. The van der Waals surface area contributed by atoms with Gasteiger partial charge in [0.1, 0.15) is 0 Å². The molecule has 23 heavy (non-hydrogen) atoms. The molecule has 1 heterocycles. The van der Waals surface area contributed by atoms with Gasteiger partial charge in [0, 0.05) is 44.0 Å². The molecule has 0 saturated heterocycles. The summed E-state index contributed by atoms with van der Waals surface area (Å²) in [6.07, 6.45) is 2.12. The van der Waals surface area contributed by atoms with Gasteiger partial charge < -0.3 is 9.90 Å². The van der Waals surface area contributed by atoms with E-state index in [1.807, 2.05) is 18.2 Å². The van der Waals surface area contributed by atoms with Crippen molar-refractivity contribution in [2.75, 3.05) is 0 Å². The zero-order chi connectivity index (χ0) is 16.3. The summed E-state index contributed by atoms with van der Waals surface area (Å²) in [7, 11) is 2.09. The number of para-hydroxylation sites is 1. The monoisotopic (exact) mass is 490 g/mol. The topological polar surface area (TPSA) is 51.5 Å². The molecule has 0 unspecified atom stereocenters. The summed E-state index contributed by atoms with van der Waals surface area (Å²) in [5.74, 6) is -0.583. The predicted octanol–water partition coefficient (Wildman–Crippen LogP) is 3.73. The maximum atomic E-state index is 7.53. The van der Waals surface area contributed by atoms with Crippen LogP contribution in [0.2, 0.25) is 0 Å². The second-order valence-corrected chi connectivity index (χ2v) is 5.29. The summed E-state index contributed by atoms with van der Waals surface area (Å²) in [4.78, 5) is 7.53. The van der Waals surface area contributed by atoms with E-state index in [1.165, 1.54) is 29.1 Å². The van der Waals surface area contributed by atoms with Gasteiger partial charge in [-0.2, -0.15) is 22.8 Å². The number of rotatable bonds is 1. The number of imidazole rings is 1. The normalized spacial score (nSPS) is 9.74. The van der Waals surface area contributed by atoms with Crippen LogP contribution in [0.15, 0.2) is 42.7 Å². The maximum Gasteiger partial charge on any atom is 0.477 e. The Morgan fingerprint density at radius 1 is 1.13 bits per heavy atom. The van der Waals surface area contributed by atoms with Gasteiger partial charge in [0.05, 0.1) is 6.92 Å². The van der Waals surface area contributed by atoms with Crippen molar-refractivity contribution in [2.45, 2.75) is 20.8 Å². The van der Waals surface area contributed by atoms with Gasteiger partial charge >= 0.3 is 5.97 Å². The van der Waals surface area contributed by atoms with Crippen LogP contribution in [0.3, 0.4) is 0 Å². The summed E-state index contributed by atoms with van der Waals surface area (Å²) >= 11 is 0. The molecule has 0 spiro atoms. The first kappa shape index (κ1) is 19.1. The van der Waals surface area contributed by atoms with Crippen molar-refractivity contribution in [3.8, 4) is 5.69 Å². The van der Waals surface area contributed by atoms with Crippen LogP contribution in [0.1, 0.15) is 18.1 Å². The summed E-state index contributed by atoms with van der Waals surface area (Å²) in [5.41, 5.74) is 6.21. The quantitative estimate of drug-likeness (QED) is 0.411. The summed E-state index contributed by atoms with van der Waals surface area (Å²) in [5, 5.41) is 7.53. The van der Waals surface area contributed by atoms with Gasteiger partial charge in [0.25, 0.3) is 0 Å². The number of aliphatic carboxylic acids is 1. The molecule has 0 fully saturated rings. The Morgan fingerprint density at radius 3 is 2.22 bits per heavy atom. The minimum absolute atomic E-state index is 0. The molecule has 0 bridgehead atoms. The molecule has 0 amide bonds. The third-order valence-electron chi connectivity index (χ3n) is 3.39. The van der Waals surface area contributed by atoms with Crippen molar-refractivity contribution >= 4 is 17.0 Å². The van der Waals surface area contributed by atoms with E-state index >= 15 is 0 Å². The van der Waals surface area contributed by atoms with Gasteiger partial charge in [0.15, 0.2) is 17.4 Å². The molecular formula is C18H21IrN2O2+. The summed E-state index contributed by atoms with van der Waals surface area (Å²) < 4.78 is 4.39. The average Bonchev–Trinajstić information content (AvgIpc) is 2.82. The average molecular weight is 490 g/mol. The Kier molecular flexibility index (Phi) is 6.67. The van der Waals surface area contributed by atoms with E-state index in [0.29, 0.717) is 0 Å². The number of aromatic nitrogens is 2. The fourth-order valence-corrected chi connectivity index (χ4v) is 2.54. The van der Waals surface area contributed by atoms with E-state index in [2.05, 4.69) is 60.6 Å². The fourth-order valence-electron chi connectivity index (χ4n) is 2.54. The standard InChI is InChI=1S/C16H16N2.C2H4O2.Ir/c1-12-9-10-13(2)16-15(12)17(3)11-18(16)14-7-5-4-6-8-14;1-2(3)4;/h4-7,9-11H,1-3H3;1H3,(H,3,4);/p+1. The van der Waals surface area contributed by atoms with Crippen LogP contribution < -0.4 is 0 Å². The van der Waals surface area contributed by atoms with E-state index in [1.54, 1.807) is 0 Å². The molecule has 0 saturated carbocycles. The van der Waals surface area contributed by atoms with E-state index < -0.39 is 5.97 Å². The second-order valence-electron chi connectivity index (χ2n) is 5.29. The van der Waals surface area contributed by atoms with Crippen LogP contribution in [-0.2, 0) is 27.2 Å². The minimum atomic E-state index is -0.583. The van der Waals surface area contributed by atoms with Crippen LogP contribution in [0, 0.1) is 19.9 Å². The third kappa shape index (κ3) is 4.27. The number of aliphatic hydroxyl groups excluding tert-OH is 1. The number of hydrogen-bond acceptors (Lipinski definition) is 0.